The fourth-order valence-electron chi connectivity index (χ4n) is 4.15. The van der Waals surface area contributed by atoms with Crippen molar-refractivity contribution in [3.63, 3.8) is 0 Å². The molecule has 0 spiro atoms. The lowest BCUT2D eigenvalue weighted by Crippen LogP contribution is -2.11. The molecule has 0 aromatic heterocycles. The molecule has 0 amide bonds. The van der Waals surface area contributed by atoms with E-state index in [1.165, 1.54) is 56.1 Å². The number of aryl methyl sites for hydroxylation is 1. The second kappa shape index (κ2) is 12.3. The Bertz CT molecular complexity index is 825. The molecular formula is C29H36O. The average Bonchev–Trinajstić information content (AvgIpc) is 2.81. The van der Waals surface area contributed by atoms with Gasteiger partial charge in [0.15, 0.2) is 0 Å². The summed E-state index contributed by atoms with van der Waals surface area (Å²) in [6, 6.07) is 17.5. The molecule has 158 valence electrons. The molecule has 1 heteroatoms. The smallest absolute Gasteiger partial charge is 0.119 e. The van der Waals surface area contributed by atoms with Gasteiger partial charge in [0, 0.05) is 5.56 Å². The highest BCUT2D eigenvalue weighted by Crippen LogP contribution is 2.36. The molecule has 0 unspecified atom stereocenters. The van der Waals surface area contributed by atoms with Crippen molar-refractivity contribution in [2.75, 3.05) is 6.61 Å². The number of rotatable bonds is 8. The summed E-state index contributed by atoms with van der Waals surface area (Å²) in [6.45, 7) is 5.14. The maximum atomic E-state index is 5.61. The second-order valence-electron chi connectivity index (χ2n) is 8.46. The van der Waals surface area contributed by atoms with Crippen LogP contribution < -0.4 is 4.74 Å². The fraction of sp³-hybridized carbons (Fsp3) is 0.448. The third-order valence-electron chi connectivity index (χ3n) is 6.04. The van der Waals surface area contributed by atoms with Gasteiger partial charge in [-0.25, -0.2) is 0 Å². The molecule has 1 aliphatic rings. The molecule has 0 bridgehead atoms. The lowest BCUT2D eigenvalue weighted by atomic mass is 9.78. The number of ether oxygens (including phenoxy) is 1. The van der Waals surface area contributed by atoms with Gasteiger partial charge in [-0.2, -0.15) is 0 Å². The van der Waals surface area contributed by atoms with Crippen LogP contribution in [0.15, 0.2) is 60.7 Å². The van der Waals surface area contributed by atoms with Crippen LogP contribution >= 0.6 is 0 Å². The van der Waals surface area contributed by atoms with Crippen molar-refractivity contribution in [2.45, 2.75) is 71.1 Å². The van der Waals surface area contributed by atoms with Crippen LogP contribution in [0.3, 0.4) is 0 Å². The molecule has 1 saturated carbocycles. The normalized spacial score (nSPS) is 18.7. The lowest BCUT2D eigenvalue weighted by Gasteiger charge is -2.27. The number of benzene rings is 2. The van der Waals surface area contributed by atoms with Gasteiger partial charge in [0.25, 0.3) is 0 Å². The first-order valence-corrected chi connectivity index (χ1v) is 11.8. The third kappa shape index (κ3) is 7.10. The van der Waals surface area contributed by atoms with Gasteiger partial charge in [-0.3, -0.25) is 0 Å². The van der Waals surface area contributed by atoms with Gasteiger partial charge >= 0.3 is 0 Å². The minimum absolute atomic E-state index is 0.671. The highest BCUT2D eigenvalue weighted by molar-refractivity contribution is 5.40. The summed E-state index contributed by atoms with van der Waals surface area (Å²) in [4.78, 5) is 0. The Morgan fingerprint density at radius 1 is 0.900 bits per heavy atom. The van der Waals surface area contributed by atoms with Crippen LogP contribution in [0.1, 0.15) is 81.4 Å². The second-order valence-corrected chi connectivity index (χ2v) is 8.46. The van der Waals surface area contributed by atoms with Gasteiger partial charge in [-0.05, 0) is 98.2 Å². The Morgan fingerprint density at radius 3 is 2.30 bits per heavy atom. The molecular weight excluding hydrogens is 364 g/mol. The minimum atomic E-state index is 0.671. The molecule has 0 aliphatic heterocycles. The predicted molar refractivity (Wildman–Crippen MR) is 128 cm³/mol. The van der Waals surface area contributed by atoms with E-state index in [1.54, 1.807) is 0 Å². The largest absolute Gasteiger partial charge is 0.494 e. The van der Waals surface area contributed by atoms with Gasteiger partial charge in [-0.1, -0.05) is 62.5 Å². The van der Waals surface area contributed by atoms with E-state index in [9.17, 15) is 0 Å². The highest BCUT2D eigenvalue weighted by Gasteiger charge is 2.20. The zero-order chi connectivity index (χ0) is 21.0. The van der Waals surface area contributed by atoms with Crippen LogP contribution in [-0.2, 0) is 6.42 Å². The maximum absolute atomic E-state index is 5.61. The molecule has 2 aromatic carbocycles. The van der Waals surface area contributed by atoms with Gasteiger partial charge in [0.05, 0.1) is 6.61 Å². The van der Waals surface area contributed by atoms with Crippen LogP contribution in [-0.4, -0.2) is 6.61 Å². The first-order valence-electron chi connectivity index (χ1n) is 11.8. The molecule has 0 N–H and O–H groups in total. The van der Waals surface area contributed by atoms with E-state index in [1.807, 2.05) is 24.3 Å². The molecule has 0 heterocycles. The van der Waals surface area contributed by atoms with Crippen molar-refractivity contribution >= 4 is 0 Å². The van der Waals surface area contributed by atoms with E-state index in [4.69, 9.17) is 4.74 Å². The summed E-state index contributed by atoms with van der Waals surface area (Å²) >= 11 is 0. The molecule has 0 saturated heterocycles. The quantitative estimate of drug-likeness (QED) is 0.412. The van der Waals surface area contributed by atoms with Crippen LogP contribution in [0.4, 0.5) is 0 Å². The van der Waals surface area contributed by atoms with E-state index in [2.05, 4.69) is 62.1 Å². The molecule has 1 aliphatic carbocycles. The molecule has 0 atom stereocenters. The Hall–Kier alpha value is -2.46. The Labute approximate surface area is 183 Å². The summed E-state index contributed by atoms with van der Waals surface area (Å²) in [5.74, 6) is 8.76. The van der Waals surface area contributed by atoms with Crippen LogP contribution in [0.5, 0.6) is 5.75 Å². The average molecular weight is 401 g/mol. The highest BCUT2D eigenvalue weighted by atomic mass is 16.5. The van der Waals surface area contributed by atoms with E-state index < -0.39 is 0 Å². The first-order chi connectivity index (χ1) is 14.8. The Morgan fingerprint density at radius 2 is 1.63 bits per heavy atom. The van der Waals surface area contributed by atoms with Crippen LogP contribution in [0.25, 0.3) is 0 Å². The summed E-state index contributed by atoms with van der Waals surface area (Å²) in [6.07, 6.45) is 14.3. The predicted octanol–water partition coefficient (Wildman–Crippen LogP) is 7.70. The maximum Gasteiger partial charge on any atom is 0.119 e. The van der Waals surface area contributed by atoms with Gasteiger partial charge in [0.2, 0.25) is 0 Å². The number of unbranched alkanes of at least 4 members (excludes halogenated alkanes) is 1. The zero-order valence-electron chi connectivity index (χ0n) is 18.7. The van der Waals surface area contributed by atoms with Crippen LogP contribution in [0.2, 0.25) is 0 Å². The van der Waals surface area contributed by atoms with Gasteiger partial charge < -0.3 is 4.74 Å². The standard InChI is InChI=1S/C29H36O/c1-3-5-8-24-11-17-27(18-12-24)28-19-13-25(14-20-28)9-6-7-10-26-15-21-29(22-16-26)30-23-4-2/h6,9,11-12,15-18,21-22,25,28H,3-5,8,13-14,19-20,23H2,1-2H3/t25-,28-. The fourth-order valence-corrected chi connectivity index (χ4v) is 4.15. The molecule has 1 nitrogen and oxygen atoms in total. The van der Waals surface area contributed by atoms with Crippen molar-refractivity contribution in [3.8, 4) is 17.6 Å². The molecule has 3 rings (SSSR count). The Kier molecular flexibility index (Phi) is 9.10. The minimum Gasteiger partial charge on any atom is -0.494 e. The van der Waals surface area contributed by atoms with Crippen molar-refractivity contribution < 1.29 is 4.74 Å². The van der Waals surface area contributed by atoms with E-state index >= 15 is 0 Å². The molecule has 2 aromatic rings. The van der Waals surface area contributed by atoms with Gasteiger partial charge in [0.1, 0.15) is 5.75 Å². The lowest BCUT2D eigenvalue weighted by molar-refractivity contribution is 0.317. The summed E-state index contributed by atoms with van der Waals surface area (Å²) < 4.78 is 5.61. The van der Waals surface area contributed by atoms with Crippen molar-refractivity contribution in [1.29, 1.82) is 0 Å². The number of allylic oxidation sites excluding steroid dienone is 2. The zero-order valence-corrected chi connectivity index (χ0v) is 18.7. The molecule has 1 fully saturated rings. The van der Waals surface area contributed by atoms with Crippen molar-refractivity contribution in [3.05, 3.63) is 77.4 Å². The third-order valence-corrected chi connectivity index (χ3v) is 6.04. The van der Waals surface area contributed by atoms with E-state index in [-0.39, 0.29) is 0 Å². The monoisotopic (exact) mass is 400 g/mol. The van der Waals surface area contributed by atoms with E-state index in [0.29, 0.717) is 5.92 Å². The summed E-state index contributed by atoms with van der Waals surface area (Å²) in [5, 5.41) is 0. The summed E-state index contributed by atoms with van der Waals surface area (Å²) in [5.41, 5.74) is 4.05. The topological polar surface area (TPSA) is 9.23 Å². The SMILES string of the molecule is CCCCc1ccc([C@H]2CC[C@H](C=CC#Cc3ccc(OCCC)cc3)CC2)cc1. The number of hydrogen-bond donors (Lipinski definition) is 0. The summed E-state index contributed by atoms with van der Waals surface area (Å²) in [7, 11) is 0. The van der Waals surface area contributed by atoms with Crippen LogP contribution in [0, 0.1) is 17.8 Å². The first kappa shape index (κ1) is 22.2. The van der Waals surface area contributed by atoms with Gasteiger partial charge in [-0.15, -0.1) is 0 Å². The van der Waals surface area contributed by atoms with Crippen molar-refractivity contribution in [1.82, 2.24) is 0 Å². The van der Waals surface area contributed by atoms with E-state index in [0.717, 1.165) is 30.3 Å². The molecule has 0 radical (unpaired) electrons. The Balaban J connectivity index is 1.43. The molecule has 30 heavy (non-hydrogen) atoms. The van der Waals surface area contributed by atoms with Crippen molar-refractivity contribution in [2.24, 2.45) is 5.92 Å². The number of hydrogen-bond acceptors (Lipinski definition) is 1.